The number of carbonyl (C=O) groups excluding carboxylic acids is 2. The standard InChI is InChI=1S/C19H19FN2O4/c1-12(23)21-14-5-6-17(20)18(10-14)22-19(24)7-4-13-8-15(25-2)11-16(9-13)26-3/h4-11H,1-3H3,(H,21,23)(H,22,24)/b7-4+. The second-order valence-corrected chi connectivity index (χ2v) is 5.34. The van der Waals surface area contributed by atoms with Gasteiger partial charge in [-0.2, -0.15) is 0 Å². The molecule has 0 aliphatic heterocycles. The van der Waals surface area contributed by atoms with Gasteiger partial charge in [0.15, 0.2) is 0 Å². The van der Waals surface area contributed by atoms with Crippen molar-refractivity contribution in [3.05, 3.63) is 53.9 Å². The number of anilines is 2. The van der Waals surface area contributed by atoms with Crippen LogP contribution < -0.4 is 20.1 Å². The normalized spacial score (nSPS) is 10.5. The minimum Gasteiger partial charge on any atom is -0.497 e. The maximum Gasteiger partial charge on any atom is 0.248 e. The maximum atomic E-state index is 13.8. The summed E-state index contributed by atoms with van der Waals surface area (Å²) in [5.41, 5.74) is 1.04. The van der Waals surface area contributed by atoms with E-state index in [1.807, 2.05) is 0 Å². The zero-order valence-corrected chi connectivity index (χ0v) is 14.6. The molecule has 7 heteroatoms. The monoisotopic (exact) mass is 358 g/mol. The Hall–Kier alpha value is -3.35. The highest BCUT2D eigenvalue weighted by Crippen LogP contribution is 2.23. The van der Waals surface area contributed by atoms with E-state index in [4.69, 9.17) is 9.47 Å². The number of amides is 2. The van der Waals surface area contributed by atoms with E-state index in [1.165, 1.54) is 39.4 Å². The Morgan fingerprint density at radius 2 is 1.65 bits per heavy atom. The molecule has 2 aromatic carbocycles. The Morgan fingerprint density at radius 3 is 2.23 bits per heavy atom. The van der Waals surface area contributed by atoms with Crippen molar-refractivity contribution < 1.29 is 23.5 Å². The average molecular weight is 358 g/mol. The molecule has 6 nitrogen and oxygen atoms in total. The second-order valence-electron chi connectivity index (χ2n) is 5.34. The van der Waals surface area contributed by atoms with Crippen molar-refractivity contribution in [2.45, 2.75) is 6.92 Å². The molecule has 2 N–H and O–H groups in total. The summed E-state index contributed by atoms with van der Waals surface area (Å²) in [5, 5.41) is 4.96. The number of nitrogens with one attached hydrogen (secondary N) is 2. The Labute approximate surface area is 150 Å². The van der Waals surface area contributed by atoms with Crippen LogP contribution in [0, 0.1) is 5.82 Å². The highest BCUT2D eigenvalue weighted by molar-refractivity contribution is 6.02. The molecule has 0 aliphatic rings. The molecule has 2 rings (SSSR count). The van der Waals surface area contributed by atoms with E-state index < -0.39 is 11.7 Å². The lowest BCUT2D eigenvalue weighted by Gasteiger charge is -2.08. The summed E-state index contributed by atoms with van der Waals surface area (Å²) < 4.78 is 24.2. The fourth-order valence-electron chi connectivity index (χ4n) is 2.17. The fourth-order valence-corrected chi connectivity index (χ4v) is 2.17. The van der Waals surface area contributed by atoms with Gasteiger partial charge in [-0.25, -0.2) is 4.39 Å². The first-order valence-corrected chi connectivity index (χ1v) is 7.70. The van der Waals surface area contributed by atoms with Gasteiger partial charge in [0.1, 0.15) is 17.3 Å². The topological polar surface area (TPSA) is 76.7 Å². The molecule has 0 unspecified atom stereocenters. The van der Waals surface area contributed by atoms with E-state index >= 15 is 0 Å². The molecular weight excluding hydrogens is 339 g/mol. The van der Waals surface area contributed by atoms with Crippen LogP contribution in [0.5, 0.6) is 11.5 Å². The van der Waals surface area contributed by atoms with E-state index in [0.29, 0.717) is 22.7 Å². The van der Waals surface area contributed by atoms with Crippen LogP contribution >= 0.6 is 0 Å². The van der Waals surface area contributed by atoms with Crippen LogP contribution in [0.1, 0.15) is 12.5 Å². The Bertz CT molecular complexity index is 827. The van der Waals surface area contributed by atoms with Crippen LogP contribution in [0.2, 0.25) is 0 Å². The van der Waals surface area contributed by atoms with Crippen molar-refractivity contribution in [1.82, 2.24) is 0 Å². The highest BCUT2D eigenvalue weighted by atomic mass is 19.1. The van der Waals surface area contributed by atoms with Crippen molar-refractivity contribution in [2.24, 2.45) is 0 Å². The first-order chi connectivity index (χ1) is 12.4. The van der Waals surface area contributed by atoms with Gasteiger partial charge in [0.25, 0.3) is 0 Å². The van der Waals surface area contributed by atoms with Gasteiger partial charge < -0.3 is 20.1 Å². The molecule has 0 radical (unpaired) electrons. The van der Waals surface area contributed by atoms with Gasteiger partial charge >= 0.3 is 0 Å². The lowest BCUT2D eigenvalue weighted by atomic mass is 10.2. The fraction of sp³-hybridized carbons (Fsp3) is 0.158. The van der Waals surface area contributed by atoms with E-state index in [9.17, 15) is 14.0 Å². The smallest absolute Gasteiger partial charge is 0.248 e. The molecule has 0 aliphatic carbocycles. The van der Waals surface area contributed by atoms with Gasteiger partial charge in [-0.3, -0.25) is 9.59 Å². The first-order valence-electron chi connectivity index (χ1n) is 7.70. The van der Waals surface area contributed by atoms with Crippen LogP contribution in [0.3, 0.4) is 0 Å². The maximum absolute atomic E-state index is 13.8. The molecule has 0 fully saturated rings. The number of hydrogen-bond acceptors (Lipinski definition) is 4. The largest absolute Gasteiger partial charge is 0.497 e. The molecule has 0 aromatic heterocycles. The Morgan fingerprint density at radius 1 is 1.00 bits per heavy atom. The van der Waals surface area contributed by atoms with Gasteiger partial charge in [0.2, 0.25) is 11.8 Å². The van der Waals surface area contributed by atoms with E-state index in [-0.39, 0.29) is 11.6 Å². The van der Waals surface area contributed by atoms with Gasteiger partial charge in [-0.1, -0.05) is 0 Å². The van der Waals surface area contributed by atoms with Crippen LogP contribution in [-0.2, 0) is 9.59 Å². The Kier molecular flexibility index (Phi) is 6.32. The SMILES string of the molecule is COc1cc(/C=C/C(=O)Nc2cc(NC(C)=O)ccc2F)cc(OC)c1. The van der Waals surface area contributed by atoms with E-state index in [0.717, 1.165) is 6.07 Å². The Balaban J connectivity index is 2.13. The third-order valence-corrected chi connectivity index (χ3v) is 3.35. The van der Waals surface area contributed by atoms with Crippen LogP contribution in [0.4, 0.5) is 15.8 Å². The van der Waals surface area contributed by atoms with Gasteiger partial charge in [-0.05, 0) is 42.0 Å². The predicted octanol–water partition coefficient (Wildman–Crippen LogP) is 3.45. The summed E-state index contributed by atoms with van der Waals surface area (Å²) in [5.74, 6) is -0.257. The predicted molar refractivity (Wildman–Crippen MR) is 97.9 cm³/mol. The molecule has 2 aromatic rings. The lowest BCUT2D eigenvalue weighted by Crippen LogP contribution is -2.11. The number of halogens is 1. The summed E-state index contributed by atoms with van der Waals surface area (Å²) >= 11 is 0. The number of hydrogen-bond donors (Lipinski definition) is 2. The van der Waals surface area contributed by atoms with E-state index in [1.54, 1.807) is 24.3 Å². The van der Waals surface area contributed by atoms with Crippen molar-refractivity contribution in [3.8, 4) is 11.5 Å². The molecule has 0 spiro atoms. The first kappa shape index (κ1) is 19.0. The van der Waals surface area contributed by atoms with Crippen molar-refractivity contribution in [1.29, 1.82) is 0 Å². The summed E-state index contributed by atoms with van der Waals surface area (Å²) in [6.07, 6.45) is 2.81. The average Bonchev–Trinajstić information content (AvgIpc) is 2.62. The molecule has 0 atom stereocenters. The number of carbonyl (C=O) groups is 2. The van der Waals surface area contributed by atoms with Gasteiger partial charge in [-0.15, -0.1) is 0 Å². The van der Waals surface area contributed by atoms with Crippen molar-refractivity contribution >= 4 is 29.3 Å². The zero-order chi connectivity index (χ0) is 19.1. The summed E-state index contributed by atoms with van der Waals surface area (Å²) in [7, 11) is 3.06. The van der Waals surface area contributed by atoms with Crippen LogP contribution in [0.15, 0.2) is 42.5 Å². The number of methoxy groups -OCH3 is 2. The van der Waals surface area contributed by atoms with Gasteiger partial charge in [0, 0.05) is 24.8 Å². The molecule has 0 saturated heterocycles. The summed E-state index contributed by atoms with van der Waals surface area (Å²) in [6, 6.07) is 9.08. The highest BCUT2D eigenvalue weighted by Gasteiger charge is 2.07. The van der Waals surface area contributed by atoms with Crippen molar-refractivity contribution in [3.63, 3.8) is 0 Å². The number of rotatable bonds is 6. The molecule has 136 valence electrons. The second kappa shape index (κ2) is 8.66. The molecule has 0 heterocycles. The van der Waals surface area contributed by atoms with Crippen LogP contribution in [0.25, 0.3) is 6.08 Å². The summed E-state index contributed by atoms with van der Waals surface area (Å²) in [4.78, 5) is 23.1. The third-order valence-electron chi connectivity index (χ3n) is 3.35. The van der Waals surface area contributed by atoms with E-state index in [2.05, 4.69) is 10.6 Å². The quantitative estimate of drug-likeness (QED) is 0.776. The molecule has 0 saturated carbocycles. The van der Waals surface area contributed by atoms with Crippen LogP contribution in [-0.4, -0.2) is 26.0 Å². The molecule has 2 amide bonds. The lowest BCUT2D eigenvalue weighted by molar-refractivity contribution is -0.114. The zero-order valence-electron chi connectivity index (χ0n) is 14.6. The minimum atomic E-state index is -0.607. The number of ether oxygens (including phenoxy) is 2. The molecule has 0 bridgehead atoms. The molecule has 26 heavy (non-hydrogen) atoms. The summed E-state index contributed by atoms with van der Waals surface area (Å²) in [6.45, 7) is 1.34. The third kappa shape index (κ3) is 5.34. The number of benzene rings is 2. The molecular formula is C19H19FN2O4. The minimum absolute atomic E-state index is 0.0332. The van der Waals surface area contributed by atoms with Crippen molar-refractivity contribution in [2.75, 3.05) is 24.9 Å². The van der Waals surface area contributed by atoms with Gasteiger partial charge in [0.05, 0.1) is 19.9 Å².